The second kappa shape index (κ2) is 11.6. The fraction of sp³-hybridized carbons (Fsp3) is 0.370. The van der Waals surface area contributed by atoms with Crippen molar-refractivity contribution in [2.45, 2.75) is 32.4 Å². The number of aromatic nitrogens is 2. The van der Waals surface area contributed by atoms with E-state index in [0.29, 0.717) is 31.5 Å². The fourth-order valence-electron chi connectivity index (χ4n) is 3.96. The SMILES string of the molecule is C=CCOCC(O)CN(Cc1c(C)nn(-c2ccccc2)c1Oc1ccc(F)cc1F)CC1CC1. The van der Waals surface area contributed by atoms with Gasteiger partial charge in [0, 0.05) is 25.7 Å². The van der Waals surface area contributed by atoms with Crippen LogP contribution in [-0.2, 0) is 11.3 Å². The minimum Gasteiger partial charge on any atom is -0.435 e. The Balaban J connectivity index is 1.65. The smallest absolute Gasteiger partial charge is 0.227 e. The highest BCUT2D eigenvalue weighted by atomic mass is 19.1. The molecule has 35 heavy (non-hydrogen) atoms. The molecular weight excluding hydrogens is 452 g/mol. The summed E-state index contributed by atoms with van der Waals surface area (Å²) in [6, 6.07) is 12.7. The van der Waals surface area contributed by atoms with Crippen molar-refractivity contribution >= 4 is 0 Å². The molecule has 0 radical (unpaired) electrons. The molecule has 8 heteroatoms. The van der Waals surface area contributed by atoms with Crippen molar-refractivity contribution in [1.29, 1.82) is 0 Å². The molecule has 3 aromatic rings. The summed E-state index contributed by atoms with van der Waals surface area (Å²) in [5, 5.41) is 15.2. The fourth-order valence-corrected chi connectivity index (χ4v) is 3.96. The number of halogens is 2. The van der Waals surface area contributed by atoms with E-state index in [1.807, 2.05) is 37.3 Å². The molecular formula is C27H31F2N3O3. The van der Waals surface area contributed by atoms with Crippen molar-refractivity contribution in [1.82, 2.24) is 14.7 Å². The van der Waals surface area contributed by atoms with Gasteiger partial charge in [0.1, 0.15) is 5.82 Å². The lowest BCUT2D eigenvalue weighted by Crippen LogP contribution is -2.36. The Kier molecular flexibility index (Phi) is 8.28. The van der Waals surface area contributed by atoms with Gasteiger partial charge in [-0.3, -0.25) is 4.90 Å². The Bertz CT molecular complexity index is 1130. The first-order chi connectivity index (χ1) is 16.9. The highest BCUT2D eigenvalue weighted by Crippen LogP contribution is 2.35. The molecule has 186 valence electrons. The third-order valence-corrected chi connectivity index (χ3v) is 5.85. The summed E-state index contributed by atoms with van der Waals surface area (Å²) in [6.45, 7) is 7.77. The Hall–Kier alpha value is -3.07. The number of nitrogens with zero attached hydrogens (tertiary/aromatic N) is 3. The molecule has 1 aliphatic rings. The van der Waals surface area contributed by atoms with Crippen LogP contribution in [-0.4, -0.2) is 52.2 Å². The molecule has 6 nitrogen and oxygen atoms in total. The lowest BCUT2D eigenvalue weighted by Gasteiger charge is -2.25. The van der Waals surface area contributed by atoms with Gasteiger partial charge >= 0.3 is 0 Å². The Morgan fingerprint density at radius 2 is 2.00 bits per heavy atom. The van der Waals surface area contributed by atoms with Crippen LogP contribution in [0.4, 0.5) is 8.78 Å². The molecule has 1 saturated carbocycles. The number of ether oxygens (including phenoxy) is 2. The molecule has 2 aromatic carbocycles. The number of aliphatic hydroxyl groups excluding tert-OH is 1. The van der Waals surface area contributed by atoms with Crippen molar-refractivity contribution < 1.29 is 23.4 Å². The molecule has 1 unspecified atom stereocenters. The normalized spacial score (nSPS) is 14.3. The van der Waals surface area contributed by atoms with Gasteiger partial charge in [-0.15, -0.1) is 6.58 Å². The standard InChI is InChI=1S/C27H31F2N3O3/c1-3-13-34-18-23(33)16-31(15-20-9-10-20)17-24-19(2)30-32(22-7-5-4-6-8-22)27(24)35-26-12-11-21(28)14-25(26)29/h3-8,11-12,14,20,23,33H,1,9-10,13,15-18H2,2H3. The molecule has 0 bridgehead atoms. The van der Waals surface area contributed by atoms with Crippen LogP contribution in [0, 0.1) is 24.5 Å². The number of hydrogen-bond acceptors (Lipinski definition) is 5. The van der Waals surface area contributed by atoms with Crippen LogP contribution in [0.2, 0.25) is 0 Å². The summed E-state index contributed by atoms with van der Waals surface area (Å²) in [7, 11) is 0. The largest absolute Gasteiger partial charge is 0.435 e. The molecule has 0 saturated heterocycles. The van der Waals surface area contributed by atoms with Gasteiger partial charge in [0.15, 0.2) is 11.6 Å². The van der Waals surface area contributed by atoms with Crippen LogP contribution in [0.25, 0.3) is 5.69 Å². The number of benzene rings is 2. The lowest BCUT2D eigenvalue weighted by atomic mass is 10.2. The van der Waals surface area contributed by atoms with Crippen molar-refractivity contribution in [3.05, 3.63) is 84.1 Å². The van der Waals surface area contributed by atoms with Crippen molar-refractivity contribution in [2.24, 2.45) is 5.92 Å². The van der Waals surface area contributed by atoms with Gasteiger partial charge in [-0.05, 0) is 49.9 Å². The van der Waals surface area contributed by atoms with Crippen LogP contribution in [0.15, 0.2) is 61.2 Å². The van der Waals surface area contributed by atoms with Gasteiger partial charge < -0.3 is 14.6 Å². The summed E-state index contributed by atoms with van der Waals surface area (Å²) in [5.41, 5.74) is 2.26. The van der Waals surface area contributed by atoms with Crippen molar-refractivity contribution in [2.75, 3.05) is 26.3 Å². The highest BCUT2D eigenvalue weighted by Gasteiger charge is 2.28. The topological polar surface area (TPSA) is 59.8 Å². The first-order valence-electron chi connectivity index (χ1n) is 11.8. The van der Waals surface area contributed by atoms with Crippen LogP contribution in [0.3, 0.4) is 0 Å². The molecule has 1 atom stereocenters. The number of aryl methyl sites for hydroxylation is 1. The predicted molar refractivity (Wildman–Crippen MR) is 130 cm³/mol. The molecule has 1 heterocycles. The average Bonchev–Trinajstić information content (AvgIpc) is 3.60. The predicted octanol–water partition coefficient (Wildman–Crippen LogP) is 5.03. The molecule has 1 N–H and O–H groups in total. The summed E-state index contributed by atoms with van der Waals surface area (Å²) in [6.07, 6.45) is 3.30. The monoisotopic (exact) mass is 483 g/mol. The first-order valence-corrected chi connectivity index (χ1v) is 11.8. The molecule has 0 amide bonds. The van der Waals surface area contributed by atoms with Crippen molar-refractivity contribution in [3.8, 4) is 17.3 Å². The molecule has 0 spiro atoms. The molecule has 0 aliphatic heterocycles. The van der Waals surface area contributed by atoms with Crippen LogP contribution in [0.5, 0.6) is 11.6 Å². The van der Waals surface area contributed by atoms with Gasteiger partial charge in [-0.25, -0.2) is 13.5 Å². The summed E-state index contributed by atoms with van der Waals surface area (Å²) >= 11 is 0. The van der Waals surface area contributed by atoms with E-state index in [-0.39, 0.29) is 12.4 Å². The van der Waals surface area contributed by atoms with Crippen LogP contribution in [0.1, 0.15) is 24.1 Å². The quantitative estimate of drug-likeness (QED) is 0.273. The summed E-state index contributed by atoms with van der Waals surface area (Å²) in [5.74, 6) is -0.612. The van der Waals surface area contributed by atoms with Crippen molar-refractivity contribution in [3.63, 3.8) is 0 Å². The van der Waals surface area contributed by atoms with Gasteiger partial charge in [0.2, 0.25) is 5.88 Å². The van der Waals surface area contributed by atoms with Crippen LogP contribution < -0.4 is 4.74 Å². The van der Waals surface area contributed by atoms with Gasteiger partial charge in [-0.2, -0.15) is 5.10 Å². The molecule has 1 aromatic heterocycles. The van der Waals surface area contributed by atoms with E-state index in [0.717, 1.165) is 48.5 Å². The first kappa shape index (κ1) is 25.0. The zero-order valence-corrected chi connectivity index (χ0v) is 19.9. The molecule has 1 aliphatic carbocycles. The van der Waals surface area contributed by atoms with E-state index in [9.17, 15) is 13.9 Å². The maximum Gasteiger partial charge on any atom is 0.227 e. The minimum absolute atomic E-state index is 0.0867. The lowest BCUT2D eigenvalue weighted by molar-refractivity contribution is 0.0235. The van der Waals surface area contributed by atoms with E-state index < -0.39 is 17.7 Å². The number of hydrogen-bond donors (Lipinski definition) is 1. The highest BCUT2D eigenvalue weighted by molar-refractivity contribution is 5.43. The van der Waals surface area contributed by atoms with Crippen LogP contribution >= 0.6 is 0 Å². The zero-order chi connectivity index (χ0) is 24.8. The third kappa shape index (κ3) is 6.75. The van der Waals surface area contributed by atoms with E-state index in [1.54, 1.807) is 10.8 Å². The van der Waals surface area contributed by atoms with E-state index >= 15 is 0 Å². The Labute approximate surface area is 204 Å². The van der Waals surface area contributed by atoms with E-state index in [4.69, 9.17) is 9.47 Å². The summed E-state index contributed by atoms with van der Waals surface area (Å²) in [4.78, 5) is 2.16. The minimum atomic E-state index is -0.793. The van der Waals surface area contributed by atoms with Gasteiger partial charge in [-0.1, -0.05) is 24.3 Å². The third-order valence-electron chi connectivity index (χ3n) is 5.85. The van der Waals surface area contributed by atoms with Gasteiger partial charge in [0.05, 0.1) is 36.3 Å². The second-order valence-corrected chi connectivity index (χ2v) is 8.91. The molecule has 4 rings (SSSR count). The number of para-hydroxylation sites is 1. The Morgan fingerprint density at radius 1 is 1.23 bits per heavy atom. The summed E-state index contributed by atoms with van der Waals surface area (Å²) < 4.78 is 41.1. The number of rotatable bonds is 13. The Morgan fingerprint density at radius 3 is 2.69 bits per heavy atom. The molecule has 1 fully saturated rings. The van der Waals surface area contributed by atoms with Gasteiger partial charge in [0.25, 0.3) is 0 Å². The second-order valence-electron chi connectivity index (χ2n) is 8.91. The van der Waals surface area contributed by atoms with E-state index in [2.05, 4.69) is 16.6 Å². The van der Waals surface area contributed by atoms with E-state index in [1.165, 1.54) is 6.07 Å². The average molecular weight is 484 g/mol. The number of aliphatic hydroxyl groups is 1. The zero-order valence-electron chi connectivity index (χ0n) is 19.9. The maximum absolute atomic E-state index is 14.5. The maximum atomic E-state index is 14.5.